The molecule has 6 aromatic carbocycles. The van der Waals surface area contributed by atoms with E-state index in [0.29, 0.717) is 124 Å². The number of aromatic nitrogens is 15. The van der Waals surface area contributed by atoms with Crippen LogP contribution in [0.25, 0.3) is 124 Å². The second-order valence-electron chi connectivity index (χ2n) is 29.1. The molecule has 29 heteroatoms. The average molecular weight is 1750 g/mol. The summed E-state index contributed by atoms with van der Waals surface area (Å²) in [6.07, 6.45) is 21.8. The van der Waals surface area contributed by atoms with Gasteiger partial charge in [-0.15, -0.1) is 0 Å². The van der Waals surface area contributed by atoms with Crippen molar-refractivity contribution in [3.63, 3.8) is 0 Å². The fourth-order valence-corrected chi connectivity index (χ4v) is 13.3. The lowest BCUT2D eigenvalue weighted by Gasteiger charge is -2.08. The maximum absolute atomic E-state index is 13.4. The zero-order valence-electron chi connectivity index (χ0n) is 71.6. The van der Waals surface area contributed by atoms with Gasteiger partial charge < -0.3 is 48.6 Å². The molecule has 656 valence electrons. The molecule has 10 heterocycles. The molecule has 16 rings (SSSR count). The Bertz CT molecular complexity index is 6300. The van der Waals surface area contributed by atoms with Crippen molar-refractivity contribution in [1.82, 2.24) is 74.8 Å². The van der Waals surface area contributed by atoms with Gasteiger partial charge in [-0.3, -0.25) is 0 Å². The van der Waals surface area contributed by atoms with Gasteiger partial charge >= 0.3 is 6.18 Å². The Morgan fingerprint density at radius 1 is 0.352 bits per heavy atom. The Kier molecular flexibility index (Phi) is 33.4. The highest BCUT2D eigenvalue weighted by atomic mass is 32.2. The number of nitrogens with one attached hydrogen (secondary N) is 5. The predicted molar refractivity (Wildman–Crippen MR) is 486 cm³/mol. The van der Waals surface area contributed by atoms with Gasteiger partial charge in [-0.1, -0.05) is 164 Å². The third-order valence-corrected chi connectivity index (χ3v) is 20.7. The summed E-state index contributed by atoms with van der Waals surface area (Å²) in [6, 6.07) is 64.3. The summed E-state index contributed by atoms with van der Waals surface area (Å²) >= 11 is 0. The third-order valence-electron chi connectivity index (χ3n) is 19.6. The molecule has 0 bridgehead atoms. The number of unbranched alkanes of at least 4 members (excludes halogenated alkanes) is 5. The van der Waals surface area contributed by atoms with Crippen LogP contribution >= 0.6 is 0 Å². The standard InChI is InChI=1S/C24H23N3O.C19H18F3N3O.C19H18N4O.C19H21N3O3S.C18H17F2N3O/c1-2-3-17-28-24-20(15-10-16-25-24)23-26-21(18-11-6-4-7-12-18)22(27-23)19-13-8-5-9-14-19;1-2-3-10-26-18-15(8-5-9-23-18)17-24-12-16(25-17)13-6-4-7-14(11-13)19(20,21)22;1-2-3-10-24-19-16(8-5-9-21-19)18-22-13-17(23-18)15-7-4-6-14(11-15)12-20;1-3-4-12-25-19-16(6-5-11-20-19)18-21-13-17(22-18)14-7-9-15(10-8-14)26(2,23)24;1-2-3-9-24-18-13(5-4-8-21-18)17-22-11-16(23-17)12-6-7-14(19)15(20)10-12/h4-16H,2-3,17H2,1H3,(H,26,27);4-9,11-12H,2-3,10H2,1H3,(H,24,25);4-9,11,13H,2-3,10H2,1H3,(H,22,23);5-11,13H,3-4,12H2,1-2H3,(H,21,22);4-8,10-11H,2-3,9H2,1H3,(H,22,23). The molecule has 10 aromatic heterocycles. The second kappa shape index (κ2) is 46.3. The van der Waals surface area contributed by atoms with Crippen LogP contribution in [0.1, 0.15) is 110 Å². The van der Waals surface area contributed by atoms with Crippen LogP contribution in [-0.4, -0.2) is 122 Å². The van der Waals surface area contributed by atoms with Crippen molar-refractivity contribution in [3.05, 3.63) is 291 Å². The van der Waals surface area contributed by atoms with Crippen LogP contribution in [-0.2, 0) is 16.0 Å². The van der Waals surface area contributed by atoms with Crippen molar-refractivity contribution in [2.45, 2.75) is 110 Å². The smallest absolute Gasteiger partial charge is 0.416 e. The van der Waals surface area contributed by atoms with E-state index in [0.717, 1.165) is 162 Å². The summed E-state index contributed by atoms with van der Waals surface area (Å²) in [6.45, 7) is 13.6. The SMILES string of the molecule is CCCCOc1ncccc1-c1nc(-c2ccccc2)c(-c2ccccc2)[nH]1.CCCCOc1ncccc1-c1ncc(-c2ccc(F)c(F)c2)[nH]1.CCCCOc1ncccc1-c1ncc(-c2ccc(S(C)(=O)=O)cc2)[nH]1.CCCCOc1ncccc1-c1ncc(-c2cccc(C#N)c2)[nH]1.CCCCOc1ncccc1-c1ncc(-c2cccc(C(F)(F)F)c2)[nH]1. The number of ether oxygens (including phenoxy) is 5. The first-order chi connectivity index (χ1) is 62.3. The van der Waals surface area contributed by atoms with Crippen molar-refractivity contribution < 1.29 is 54.1 Å². The molecular formula is C99H97F5N16O7S. The molecule has 0 saturated heterocycles. The van der Waals surface area contributed by atoms with Crippen LogP contribution in [0.15, 0.2) is 273 Å². The number of aromatic amines is 5. The molecule has 16 aromatic rings. The third kappa shape index (κ3) is 25.5. The molecular weight excluding hydrogens is 1650 g/mol. The molecule has 0 spiro atoms. The van der Waals surface area contributed by atoms with Gasteiger partial charge in [0.1, 0.15) is 29.1 Å². The van der Waals surface area contributed by atoms with E-state index in [4.69, 9.17) is 33.9 Å². The summed E-state index contributed by atoms with van der Waals surface area (Å²) in [7, 11) is -3.21. The largest absolute Gasteiger partial charge is 0.477 e. The van der Waals surface area contributed by atoms with E-state index < -0.39 is 33.2 Å². The maximum atomic E-state index is 13.4. The quantitative estimate of drug-likeness (QED) is 0.0193. The number of nitriles is 1. The highest BCUT2D eigenvalue weighted by Gasteiger charge is 2.31. The Morgan fingerprint density at radius 3 is 1.06 bits per heavy atom. The molecule has 0 fully saturated rings. The number of alkyl halides is 3. The molecule has 0 aliphatic heterocycles. The van der Waals surface area contributed by atoms with Crippen molar-refractivity contribution in [2.75, 3.05) is 39.3 Å². The highest BCUT2D eigenvalue weighted by Crippen LogP contribution is 2.39. The van der Waals surface area contributed by atoms with Crippen molar-refractivity contribution in [2.24, 2.45) is 0 Å². The molecule has 0 amide bonds. The van der Waals surface area contributed by atoms with Crippen LogP contribution < -0.4 is 23.7 Å². The minimum absolute atomic E-state index is 0.292. The van der Waals surface area contributed by atoms with E-state index >= 15 is 0 Å². The predicted octanol–water partition coefficient (Wildman–Crippen LogP) is 23.8. The van der Waals surface area contributed by atoms with Gasteiger partial charge in [-0.2, -0.15) is 18.4 Å². The number of rotatable bonds is 32. The fraction of sp³-hybridized carbons (Fsp3) is 0.222. The van der Waals surface area contributed by atoms with Gasteiger partial charge in [0, 0.05) is 65.1 Å². The molecule has 0 unspecified atom stereocenters. The lowest BCUT2D eigenvalue weighted by atomic mass is 10.1. The number of pyridine rings is 5. The fourth-order valence-electron chi connectivity index (χ4n) is 12.7. The zero-order chi connectivity index (χ0) is 90.0. The summed E-state index contributed by atoms with van der Waals surface area (Å²) < 4.78 is 117. The van der Waals surface area contributed by atoms with E-state index in [2.05, 4.69) is 135 Å². The molecule has 0 atom stereocenters. The van der Waals surface area contributed by atoms with Crippen LogP contribution in [0, 0.1) is 23.0 Å². The lowest BCUT2D eigenvalue weighted by molar-refractivity contribution is -0.137. The minimum atomic E-state index is -4.39. The number of sulfone groups is 1. The Morgan fingerprint density at radius 2 is 0.695 bits per heavy atom. The van der Waals surface area contributed by atoms with E-state index in [-0.39, 0.29) is 0 Å². The Hall–Kier alpha value is -14.8. The van der Waals surface area contributed by atoms with Crippen LogP contribution in [0.4, 0.5) is 22.0 Å². The molecule has 23 nitrogen and oxygen atoms in total. The van der Waals surface area contributed by atoms with Crippen molar-refractivity contribution in [3.8, 4) is 160 Å². The number of halogens is 5. The van der Waals surface area contributed by atoms with Crippen LogP contribution in [0.2, 0.25) is 0 Å². The van der Waals surface area contributed by atoms with E-state index in [1.54, 1.807) is 98.1 Å². The molecule has 0 aliphatic rings. The van der Waals surface area contributed by atoms with Crippen molar-refractivity contribution in [1.29, 1.82) is 5.26 Å². The van der Waals surface area contributed by atoms with Gasteiger partial charge in [-0.25, -0.2) is 67.0 Å². The first-order valence-corrected chi connectivity index (χ1v) is 44.0. The van der Waals surface area contributed by atoms with Gasteiger partial charge in [0.05, 0.1) is 142 Å². The monoisotopic (exact) mass is 1750 g/mol. The van der Waals surface area contributed by atoms with Gasteiger partial charge in [-0.05, 0) is 153 Å². The van der Waals surface area contributed by atoms with Gasteiger partial charge in [0.25, 0.3) is 0 Å². The molecule has 0 aliphatic carbocycles. The summed E-state index contributed by atoms with van der Waals surface area (Å²) in [4.78, 5) is 60.4. The number of hydrogen-bond acceptors (Lipinski definition) is 18. The molecule has 0 radical (unpaired) electrons. The first kappa shape index (κ1) is 92.4. The average Bonchev–Trinajstić information content (AvgIpc) is 1.63. The lowest BCUT2D eigenvalue weighted by Crippen LogP contribution is -2.04. The summed E-state index contributed by atoms with van der Waals surface area (Å²) in [5.41, 5.74) is 13.3. The number of H-pyrrole nitrogens is 5. The topological polar surface area (TPSA) is 312 Å². The molecule has 0 saturated carbocycles. The normalized spacial score (nSPS) is 11.0. The number of hydrogen-bond donors (Lipinski definition) is 5. The Labute approximate surface area is 739 Å². The summed E-state index contributed by atoms with van der Waals surface area (Å²) in [5, 5.41) is 9.03. The summed E-state index contributed by atoms with van der Waals surface area (Å²) in [5.74, 6) is 4.10. The molecule has 128 heavy (non-hydrogen) atoms. The van der Waals surface area contributed by atoms with Gasteiger partial charge in [0.2, 0.25) is 29.4 Å². The van der Waals surface area contributed by atoms with E-state index in [1.165, 1.54) is 24.6 Å². The van der Waals surface area contributed by atoms with E-state index in [9.17, 15) is 30.4 Å². The maximum Gasteiger partial charge on any atom is 0.416 e. The number of benzene rings is 6. The van der Waals surface area contributed by atoms with Crippen LogP contribution in [0.3, 0.4) is 0 Å². The number of imidazole rings is 5. The van der Waals surface area contributed by atoms with Crippen molar-refractivity contribution >= 4 is 9.84 Å². The molecule has 5 N–H and O–H groups in total. The van der Waals surface area contributed by atoms with Gasteiger partial charge in [0.15, 0.2) is 21.5 Å². The van der Waals surface area contributed by atoms with E-state index in [1.807, 2.05) is 103 Å². The zero-order valence-corrected chi connectivity index (χ0v) is 72.4. The minimum Gasteiger partial charge on any atom is -0.477 e. The van der Waals surface area contributed by atoms with Crippen LogP contribution in [0.5, 0.6) is 29.4 Å². The second-order valence-corrected chi connectivity index (χ2v) is 31.1. The Balaban J connectivity index is 0.000000145. The first-order valence-electron chi connectivity index (χ1n) is 42.1. The number of nitrogens with zero attached hydrogens (tertiary/aromatic N) is 11. The highest BCUT2D eigenvalue weighted by molar-refractivity contribution is 7.90.